The Balaban J connectivity index is 1.52. The Kier molecular flexibility index (Phi) is 4.70. The quantitative estimate of drug-likeness (QED) is 0.374. The first kappa shape index (κ1) is 19.1. The first-order valence-corrected chi connectivity index (χ1v) is 10.6. The van der Waals surface area contributed by atoms with E-state index in [-0.39, 0.29) is 5.56 Å². The molecule has 0 bridgehead atoms. The highest BCUT2D eigenvalue weighted by molar-refractivity contribution is 7.15. The molecule has 8 heteroatoms. The van der Waals surface area contributed by atoms with Gasteiger partial charge in [0.25, 0.3) is 5.56 Å². The van der Waals surface area contributed by atoms with Gasteiger partial charge < -0.3 is 4.42 Å². The largest absolute Gasteiger partial charge is 0.457 e. The van der Waals surface area contributed by atoms with Crippen LogP contribution in [-0.2, 0) is 0 Å². The van der Waals surface area contributed by atoms with Crippen LogP contribution < -0.4 is 10.1 Å². The zero-order valence-corrected chi connectivity index (χ0v) is 17.9. The fraction of sp³-hybridized carbons (Fsp3) is 0.0455. The van der Waals surface area contributed by atoms with Crippen LogP contribution in [0.3, 0.4) is 0 Å². The van der Waals surface area contributed by atoms with Gasteiger partial charge in [0.1, 0.15) is 16.1 Å². The second-order valence-corrected chi connectivity index (χ2v) is 8.59. The summed E-state index contributed by atoms with van der Waals surface area (Å²) in [7, 11) is 0. The molecule has 5 nitrogen and oxygen atoms in total. The summed E-state index contributed by atoms with van der Waals surface area (Å²) in [4.78, 5) is 17.8. The van der Waals surface area contributed by atoms with Crippen LogP contribution in [0.2, 0.25) is 10.0 Å². The maximum atomic E-state index is 12.8. The van der Waals surface area contributed by atoms with E-state index < -0.39 is 0 Å². The first-order chi connectivity index (χ1) is 14.5. The molecule has 30 heavy (non-hydrogen) atoms. The third kappa shape index (κ3) is 3.43. The molecule has 0 spiro atoms. The predicted molar refractivity (Wildman–Crippen MR) is 120 cm³/mol. The molecule has 0 aliphatic rings. The van der Waals surface area contributed by atoms with E-state index in [0.29, 0.717) is 42.4 Å². The number of furan rings is 1. The monoisotopic (exact) mass is 453 g/mol. The second-order valence-electron chi connectivity index (χ2n) is 6.74. The molecule has 3 heterocycles. The lowest BCUT2D eigenvalue weighted by Crippen LogP contribution is -2.23. The number of thiazole rings is 1. The van der Waals surface area contributed by atoms with Gasteiger partial charge in [0.05, 0.1) is 5.02 Å². The second kappa shape index (κ2) is 7.40. The van der Waals surface area contributed by atoms with Crippen molar-refractivity contribution in [1.82, 2.24) is 14.6 Å². The lowest BCUT2D eigenvalue weighted by atomic mass is 10.1. The van der Waals surface area contributed by atoms with Crippen molar-refractivity contribution in [3.63, 3.8) is 0 Å². The Labute approximate surface area is 184 Å². The fourth-order valence-corrected chi connectivity index (χ4v) is 4.32. The zero-order chi connectivity index (χ0) is 20.8. The van der Waals surface area contributed by atoms with Gasteiger partial charge in [-0.1, -0.05) is 64.4 Å². The molecule has 0 saturated heterocycles. The van der Waals surface area contributed by atoms with Gasteiger partial charge >= 0.3 is 0 Å². The molecule has 0 aliphatic carbocycles. The van der Waals surface area contributed by atoms with Gasteiger partial charge in [-0.15, -0.1) is 5.10 Å². The Bertz CT molecular complexity index is 1500. The normalized spacial score (nSPS) is 12.2. The van der Waals surface area contributed by atoms with Crippen LogP contribution >= 0.6 is 34.5 Å². The van der Waals surface area contributed by atoms with Crippen molar-refractivity contribution in [2.45, 2.75) is 6.92 Å². The van der Waals surface area contributed by atoms with E-state index in [0.717, 1.165) is 11.1 Å². The number of halogens is 2. The van der Waals surface area contributed by atoms with E-state index >= 15 is 0 Å². The van der Waals surface area contributed by atoms with Crippen LogP contribution in [0.4, 0.5) is 0 Å². The molecular formula is C22H13Cl2N3O2S. The molecule has 0 aliphatic heterocycles. The summed E-state index contributed by atoms with van der Waals surface area (Å²) in [6, 6.07) is 16.6. The summed E-state index contributed by atoms with van der Waals surface area (Å²) < 4.78 is 7.67. The van der Waals surface area contributed by atoms with Crippen molar-refractivity contribution in [2.24, 2.45) is 0 Å². The average molecular weight is 454 g/mol. The number of aromatic nitrogens is 3. The zero-order valence-electron chi connectivity index (χ0n) is 15.6. The standard InChI is InChI=1S/C22H13Cl2N3O2S/c1-12-2-4-13(5-3-12)20-25-22-27(26-20)21(28)19(30-22)11-15-7-9-18(29-15)16-10-14(23)6-8-17(16)24/h2-11H,1H3/b19-11-. The summed E-state index contributed by atoms with van der Waals surface area (Å²) in [5.74, 6) is 1.63. The number of rotatable bonds is 3. The Hall–Kier alpha value is -2.93. The Morgan fingerprint density at radius 1 is 1.07 bits per heavy atom. The Morgan fingerprint density at radius 3 is 2.63 bits per heavy atom. The molecule has 0 N–H and O–H groups in total. The summed E-state index contributed by atoms with van der Waals surface area (Å²) >= 11 is 13.6. The molecule has 0 fully saturated rings. The van der Waals surface area contributed by atoms with Gasteiger partial charge in [0.15, 0.2) is 5.82 Å². The number of fused-ring (bicyclic) bond motifs is 1. The van der Waals surface area contributed by atoms with Crippen LogP contribution in [0.25, 0.3) is 33.7 Å². The third-order valence-corrected chi connectivity index (χ3v) is 6.11. The third-order valence-electron chi connectivity index (χ3n) is 4.59. The minimum atomic E-state index is -0.236. The van der Waals surface area contributed by atoms with Crippen LogP contribution in [0.5, 0.6) is 0 Å². The number of aryl methyl sites for hydroxylation is 1. The van der Waals surface area contributed by atoms with Gasteiger partial charge in [0, 0.05) is 22.2 Å². The van der Waals surface area contributed by atoms with Gasteiger partial charge in [-0.3, -0.25) is 4.79 Å². The molecule has 0 radical (unpaired) electrons. The molecule has 148 valence electrons. The summed E-state index contributed by atoms with van der Waals surface area (Å²) in [6.45, 7) is 2.02. The van der Waals surface area contributed by atoms with Crippen LogP contribution in [0.1, 0.15) is 11.3 Å². The van der Waals surface area contributed by atoms with Crippen molar-refractivity contribution < 1.29 is 4.42 Å². The lowest BCUT2D eigenvalue weighted by molar-refractivity contribution is 0.571. The topological polar surface area (TPSA) is 60.4 Å². The summed E-state index contributed by atoms with van der Waals surface area (Å²) in [5, 5.41) is 5.47. The van der Waals surface area contributed by atoms with Crippen molar-refractivity contribution >= 4 is 45.6 Å². The molecule has 0 amide bonds. The highest BCUT2D eigenvalue weighted by Gasteiger charge is 2.13. The average Bonchev–Trinajstić information content (AvgIpc) is 3.42. The van der Waals surface area contributed by atoms with E-state index in [1.165, 1.54) is 15.9 Å². The first-order valence-electron chi connectivity index (χ1n) is 9.01. The predicted octanol–water partition coefficient (Wildman–Crippen LogP) is 5.24. The van der Waals surface area contributed by atoms with Crippen molar-refractivity contribution in [3.8, 4) is 22.7 Å². The molecule has 0 unspecified atom stereocenters. The SMILES string of the molecule is Cc1ccc(-c2nc3s/c(=C\c4ccc(-c5cc(Cl)ccc5Cl)o4)c(=O)n3n2)cc1. The highest BCUT2D eigenvalue weighted by atomic mass is 35.5. The van der Waals surface area contributed by atoms with Crippen LogP contribution in [0.15, 0.2) is 63.8 Å². The van der Waals surface area contributed by atoms with E-state index in [4.69, 9.17) is 27.6 Å². The van der Waals surface area contributed by atoms with E-state index in [2.05, 4.69) is 10.1 Å². The molecule has 0 atom stereocenters. The molecule has 5 aromatic rings. The van der Waals surface area contributed by atoms with E-state index in [9.17, 15) is 4.79 Å². The summed E-state index contributed by atoms with van der Waals surface area (Å²) in [6.07, 6.45) is 1.68. The van der Waals surface area contributed by atoms with Crippen LogP contribution in [-0.4, -0.2) is 14.6 Å². The molecule has 0 saturated carbocycles. The van der Waals surface area contributed by atoms with Crippen LogP contribution in [0, 0.1) is 6.92 Å². The van der Waals surface area contributed by atoms with E-state index in [1.807, 2.05) is 31.2 Å². The number of benzene rings is 2. The van der Waals surface area contributed by atoms with Gasteiger partial charge in [-0.05, 0) is 37.3 Å². The van der Waals surface area contributed by atoms with Gasteiger partial charge in [0.2, 0.25) is 4.96 Å². The molecule has 2 aromatic carbocycles. The van der Waals surface area contributed by atoms with Crippen molar-refractivity contribution in [2.75, 3.05) is 0 Å². The van der Waals surface area contributed by atoms with E-state index in [1.54, 1.807) is 36.4 Å². The minimum Gasteiger partial charge on any atom is -0.457 e. The van der Waals surface area contributed by atoms with Crippen molar-refractivity contribution in [1.29, 1.82) is 0 Å². The number of nitrogens with zero attached hydrogens (tertiary/aromatic N) is 3. The lowest BCUT2D eigenvalue weighted by Gasteiger charge is -2.00. The summed E-state index contributed by atoms with van der Waals surface area (Å²) in [5.41, 5.74) is 2.48. The van der Waals surface area contributed by atoms with Crippen molar-refractivity contribution in [3.05, 3.63) is 90.9 Å². The number of hydrogen-bond acceptors (Lipinski definition) is 5. The molecule has 5 rings (SSSR count). The Morgan fingerprint density at radius 2 is 1.87 bits per heavy atom. The van der Waals surface area contributed by atoms with Gasteiger partial charge in [-0.2, -0.15) is 9.50 Å². The molecular weight excluding hydrogens is 441 g/mol. The van der Waals surface area contributed by atoms with Gasteiger partial charge in [-0.25, -0.2) is 0 Å². The molecule has 3 aromatic heterocycles. The fourth-order valence-electron chi connectivity index (χ4n) is 3.05. The maximum absolute atomic E-state index is 12.8. The highest BCUT2D eigenvalue weighted by Crippen LogP contribution is 2.32. The minimum absolute atomic E-state index is 0.236. The smallest absolute Gasteiger partial charge is 0.291 e. The number of hydrogen-bond donors (Lipinski definition) is 0. The maximum Gasteiger partial charge on any atom is 0.291 e.